The molecule has 0 fully saturated rings. The summed E-state index contributed by atoms with van der Waals surface area (Å²) < 4.78 is 1.27. The Morgan fingerprint density at radius 1 is 1.29 bits per heavy atom. The van der Waals surface area contributed by atoms with Crippen LogP contribution < -0.4 is 5.32 Å². The first-order valence-corrected chi connectivity index (χ1v) is 6.02. The van der Waals surface area contributed by atoms with Gasteiger partial charge in [0.25, 0.3) is 0 Å². The number of benzene rings is 1. The summed E-state index contributed by atoms with van der Waals surface area (Å²) in [6.45, 7) is 9.41. The molecule has 0 amide bonds. The SMILES string of the molecule is CC.Cc1cc2c(c(C)c1Br)CCN2. The van der Waals surface area contributed by atoms with Crippen molar-refractivity contribution in [3.05, 3.63) is 27.2 Å². The van der Waals surface area contributed by atoms with E-state index in [0.717, 1.165) is 6.54 Å². The number of nitrogens with one attached hydrogen (secondary N) is 1. The van der Waals surface area contributed by atoms with Crippen LogP contribution in [0.4, 0.5) is 5.69 Å². The summed E-state index contributed by atoms with van der Waals surface area (Å²) in [6.07, 6.45) is 1.17. The molecule has 14 heavy (non-hydrogen) atoms. The molecule has 0 unspecified atom stereocenters. The van der Waals surface area contributed by atoms with Crippen molar-refractivity contribution in [2.45, 2.75) is 34.1 Å². The van der Waals surface area contributed by atoms with Gasteiger partial charge in [-0.2, -0.15) is 0 Å². The van der Waals surface area contributed by atoms with Crippen LogP contribution in [0.1, 0.15) is 30.5 Å². The lowest BCUT2D eigenvalue weighted by molar-refractivity contribution is 1.09. The third-order valence-electron chi connectivity index (χ3n) is 2.50. The number of halogens is 1. The summed E-state index contributed by atoms with van der Waals surface area (Å²) in [5.41, 5.74) is 5.52. The zero-order valence-corrected chi connectivity index (χ0v) is 11.0. The van der Waals surface area contributed by atoms with Crippen LogP contribution in [0.2, 0.25) is 0 Å². The summed E-state index contributed by atoms with van der Waals surface area (Å²) in [6, 6.07) is 2.22. The van der Waals surface area contributed by atoms with E-state index in [1.807, 2.05) is 13.8 Å². The molecule has 0 spiro atoms. The Kier molecular flexibility index (Phi) is 3.99. The molecule has 78 valence electrons. The minimum absolute atomic E-state index is 1.09. The molecule has 0 saturated carbocycles. The van der Waals surface area contributed by atoms with Gasteiger partial charge in [0.2, 0.25) is 0 Å². The van der Waals surface area contributed by atoms with Crippen LogP contribution in [-0.2, 0) is 6.42 Å². The van der Waals surface area contributed by atoms with Gasteiger partial charge in [-0.05, 0) is 43.0 Å². The molecule has 1 aromatic carbocycles. The van der Waals surface area contributed by atoms with Crippen LogP contribution in [0.5, 0.6) is 0 Å². The van der Waals surface area contributed by atoms with Crippen molar-refractivity contribution in [3.8, 4) is 0 Å². The van der Waals surface area contributed by atoms with Crippen molar-refractivity contribution < 1.29 is 0 Å². The molecule has 1 N–H and O–H groups in total. The van der Waals surface area contributed by atoms with Crippen LogP contribution >= 0.6 is 15.9 Å². The van der Waals surface area contributed by atoms with E-state index in [0.29, 0.717) is 0 Å². The maximum Gasteiger partial charge on any atom is 0.0379 e. The van der Waals surface area contributed by atoms with E-state index in [1.54, 1.807) is 0 Å². The highest BCUT2D eigenvalue weighted by Gasteiger charge is 2.15. The maximum atomic E-state index is 3.60. The zero-order chi connectivity index (χ0) is 10.7. The number of hydrogen-bond donors (Lipinski definition) is 1. The summed E-state index contributed by atoms with van der Waals surface area (Å²) in [7, 11) is 0. The fourth-order valence-corrected chi connectivity index (χ4v) is 2.15. The fourth-order valence-electron chi connectivity index (χ4n) is 1.80. The Morgan fingerprint density at radius 2 is 1.93 bits per heavy atom. The molecule has 1 heterocycles. The second-order valence-electron chi connectivity index (χ2n) is 3.34. The third-order valence-corrected chi connectivity index (χ3v) is 3.72. The van der Waals surface area contributed by atoms with Gasteiger partial charge in [-0.3, -0.25) is 0 Å². The van der Waals surface area contributed by atoms with E-state index in [2.05, 4.69) is 41.2 Å². The number of anilines is 1. The predicted molar refractivity (Wildman–Crippen MR) is 67.2 cm³/mol. The normalized spacial score (nSPS) is 12.6. The van der Waals surface area contributed by atoms with Crippen LogP contribution in [0, 0.1) is 13.8 Å². The summed E-state index contributed by atoms with van der Waals surface area (Å²) >= 11 is 3.60. The molecule has 0 aromatic heterocycles. The van der Waals surface area contributed by atoms with Crippen molar-refractivity contribution in [2.24, 2.45) is 0 Å². The van der Waals surface area contributed by atoms with Gasteiger partial charge >= 0.3 is 0 Å². The van der Waals surface area contributed by atoms with Gasteiger partial charge in [0.05, 0.1) is 0 Å². The Labute approximate surface area is 95.0 Å². The Morgan fingerprint density at radius 3 is 2.57 bits per heavy atom. The molecule has 0 bridgehead atoms. The molecule has 1 aliphatic rings. The molecular formula is C12H18BrN. The van der Waals surface area contributed by atoms with Gasteiger partial charge in [-0.1, -0.05) is 29.8 Å². The molecule has 2 rings (SSSR count). The lowest BCUT2D eigenvalue weighted by Gasteiger charge is -2.08. The standard InChI is InChI=1S/C10H12BrN.C2H6/c1-6-5-9-8(3-4-12-9)7(2)10(6)11;1-2/h5,12H,3-4H2,1-2H3;1-2H3. The van der Waals surface area contributed by atoms with Gasteiger partial charge in [0.1, 0.15) is 0 Å². The smallest absolute Gasteiger partial charge is 0.0379 e. The number of fused-ring (bicyclic) bond motifs is 1. The molecule has 2 heteroatoms. The van der Waals surface area contributed by atoms with E-state index in [-0.39, 0.29) is 0 Å². The molecule has 0 aliphatic carbocycles. The summed E-state index contributed by atoms with van der Waals surface area (Å²) in [4.78, 5) is 0. The first-order valence-electron chi connectivity index (χ1n) is 5.22. The van der Waals surface area contributed by atoms with Crippen LogP contribution in [0.15, 0.2) is 10.5 Å². The molecule has 0 saturated heterocycles. The van der Waals surface area contributed by atoms with E-state index >= 15 is 0 Å². The van der Waals surface area contributed by atoms with Crippen LogP contribution in [-0.4, -0.2) is 6.54 Å². The Balaban J connectivity index is 0.000000461. The molecule has 1 nitrogen and oxygen atoms in total. The van der Waals surface area contributed by atoms with Crippen molar-refractivity contribution >= 4 is 21.6 Å². The van der Waals surface area contributed by atoms with Gasteiger partial charge < -0.3 is 5.32 Å². The van der Waals surface area contributed by atoms with Gasteiger partial charge in [-0.15, -0.1) is 0 Å². The van der Waals surface area contributed by atoms with Gasteiger partial charge in [0, 0.05) is 16.7 Å². The van der Waals surface area contributed by atoms with E-state index in [9.17, 15) is 0 Å². The Hall–Kier alpha value is -0.500. The lowest BCUT2D eigenvalue weighted by atomic mass is 10.0. The van der Waals surface area contributed by atoms with Crippen LogP contribution in [0.3, 0.4) is 0 Å². The second-order valence-corrected chi connectivity index (χ2v) is 4.13. The van der Waals surface area contributed by atoms with Crippen LogP contribution in [0.25, 0.3) is 0 Å². The Bertz CT molecular complexity index is 332. The topological polar surface area (TPSA) is 12.0 Å². The number of aryl methyl sites for hydroxylation is 1. The second kappa shape index (κ2) is 4.83. The predicted octanol–water partition coefficient (Wildman–Crippen LogP) is 4.06. The fraction of sp³-hybridized carbons (Fsp3) is 0.500. The van der Waals surface area contributed by atoms with Crippen molar-refractivity contribution in [1.29, 1.82) is 0 Å². The monoisotopic (exact) mass is 255 g/mol. The minimum atomic E-state index is 1.09. The molecular weight excluding hydrogens is 238 g/mol. The third kappa shape index (κ3) is 1.95. The van der Waals surface area contributed by atoms with Gasteiger partial charge in [0.15, 0.2) is 0 Å². The molecule has 0 atom stereocenters. The first kappa shape index (κ1) is 11.6. The largest absolute Gasteiger partial charge is 0.384 e. The average molecular weight is 256 g/mol. The molecule has 0 radical (unpaired) electrons. The molecule has 1 aliphatic heterocycles. The number of hydrogen-bond acceptors (Lipinski definition) is 1. The van der Waals surface area contributed by atoms with Gasteiger partial charge in [-0.25, -0.2) is 0 Å². The summed E-state index contributed by atoms with van der Waals surface area (Å²) in [5, 5.41) is 3.39. The zero-order valence-electron chi connectivity index (χ0n) is 9.37. The van der Waals surface area contributed by atoms with Crippen molar-refractivity contribution in [3.63, 3.8) is 0 Å². The lowest BCUT2D eigenvalue weighted by Crippen LogP contribution is -1.91. The number of rotatable bonds is 0. The van der Waals surface area contributed by atoms with Crippen molar-refractivity contribution in [2.75, 3.05) is 11.9 Å². The van der Waals surface area contributed by atoms with E-state index in [1.165, 1.54) is 33.3 Å². The van der Waals surface area contributed by atoms with E-state index < -0.39 is 0 Å². The van der Waals surface area contributed by atoms with Crippen molar-refractivity contribution in [1.82, 2.24) is 0 Å². The van der Waals surface area contributed by atoms with E-state index in [4.69, 9.17) is 0 Å². The minimum Gasteiger partial charge on any atom is -0.384 e. The molecule has 1 aromatic rings. The quantitative estimate of drug-likeness (QED) is 0.738. The highest BCUT2D eigenvalue weighted by molar-refractivity contribution is 9.10. The average Bonchev–Trinajstić information content (AvgIpc) is 2.65. The first-order chi connectivity index (χ1) is 6.70. The highest BCUT2D eigenvalue weighted by Crippen LogP contribution is 2.33. The highest BCUT2D eigenvalue weighted by atomic mass is 79.9. The summed E-state index contributed by atoms with van der Waals surface area (Å²) in [5.74, 6) is 0. The maximum absolute atomic E-state index is 3.60.